The molecule has 0 bridgehead atoms. The largest absolute Gasteiger partial charge is 0.427 e. The molecule has 0 amide bonds. The monoisotopic (exact) mass is 249 g/mol. The van der Waals surface area contributed by atoms with Crippen LogP contribution in [0.25, 0.3) is 0 Å². The Morgan fingerprint density at radius 2 is 1.44 bits per heavy atom. The number of rotatable bonds is 4. The third-order valence-corrected chi connectivity index (χ3v) is 3.04. The standard InChI is InChI=1S/C13H20BO2.C2H6/c1-10-6-8-11(9-7-10)14-16-13(4,5)12(2,3)15;1-2/h6-9,15H,1-5H3;1-2H3. The van der Waals surface area contributed by atoms with Crippen molar-refractivity contribution >= 4 is 12.9 Å². The summed E-state index contributed by atoms with van der Waals surface area (Å²) in [5, 5.41) is 9.92. The molecule has 101 valence electrons. The number of hydrogen-bond donors (Lipinski definition) is 1. The van der Waals surface area contributed by atoms with Gasteiger partial charge in [0.1, 0.15) is 0 Å². The summed E-state index contributed by atoms with van der Waals surface area (Å²) >= 11 is 0. The van der Waals surface area contributed by atoms with Gasteiger partial charge in [-0.2, -0.15) is 0 Å². The Bertz CT molecular complexity index is 337. The van der Waals surface area contributed by atoms with Crippen molar-refractivity contribution in [2.45, 2.75) is 59.7 Å². The molecule has 3 heteroatoms. The van der Waals surface area contributed by atoms with Crippen molar-refractivity contribution in [3.05, 3.63) is 29.8 Å². The maximum Gasteiger partial charge on any atom is 0.330 e. The van der Waals surface area contributed by atoms with Crippen LogP contribution in [0.1, 0.15) is 47.1 Å². The lowest BCUT2D eigenvalue weighted by atomic mass is 9.82. The molecular formula is C15H26BO2. The predicted molar refractivity (Wildman–Crippen MR) is 79.4 cm³/mol. The second kappa shape index (κ2) is 6.96. The average molecular weight is 249 g/mol. The van der Waals surface area contributed by atoms with E-state index in [1.165, 1.54) is 5.56 Å². The first-order valence-corrected chi connectivity index (χ1v) is 6.52. The van der Waals surface area contributed by atoms with Gasteiger partial charge in [0.05, 0.1) is 11.2 Å². The van der Waals surface area contributed by atoms with Gasteiger partial charge in [-0.25, -0.2) is 0 Å². The summed E-state index contributed by atoms with van der Waals surface area (Å²) in [4.78, 5) is 0. The van der Waals surface area contributed by atoms with Crippen molar-refractivity contribution in [3.8, 4) is 0 Å². The van der Waals surface area contributed by atoms with Crippen LogP contribution in [0.5, 0.6) is 0 Å². The van der Waals surface area contributed by atoms with E-state index in [0.29, 0.717) is 0 Å². The van der Waals surface area contributed by atoms with E-state index in [4.69, 9.17) is 4.65 Å². The van der Waals surface area contributed by atoms with Gasteiger partial charge in [0, 0.05) is 0 Å². The Kier molecular flexibility index (Phi) is 6.65. The zero-order chi connectivity index (χ0) is 14.4. The molecule has 0 saturated heterocycles. The highest BCUT2D eigenvalue weighted by atomic mass is 16.5. The lowest BCUT2D eigenvalue weighted by Crippen LogP contribution is -2.49. The van der Waals surface area contributed by atoms with Crippen molar-refractivity contribution < 1.29 is 9.76 Å². The molecule has 0 aliphatic heterocycles. The fraction of sp³-hybridized carbons (Fsp3) is 0.600. The van der Waals surface area contributed by atoms with E-state index in [1.54, 1.807) is 21.3 Å². The van der Waals surface area contributed by atoms with Crippen LogP contribution in [0.15, 0.2) is 24.3 Å². The predicted octanol–water partition coefficient (Wildman–Crippen LogP) is 2.83. The van der Waals surface area contributed by atoms with Gasteiger partial charge in [0.2, 0.25) is 0 Å². The molecule has 1 aromatic carbocycles. The van der Waals surface area contributed by atoms with Crippen molar-refractivity contribution in [1.29, 1.82) is 0 Å². The average Bonchev–Trinajstić information content (AvgIpc) is 2.29. The summed E-state index contributed by atoms with van der Waals surface area (Å²) in [5.74, 6) is 0. The molecule has 1 N–H and O–H groups in total. The van der Waals surface area contributed by atoms with Crippen molar-refractivity contribution in [1.82, 2.24) is 0 Å². The van der Waals surface area contributed by atoms with Crippen molar-refractivity contribution in [3.63, 3.8) is 0 Å². The fourth-order valence-corrected chi connectivity index (χ4v) is 1.00. The Morgan fingerprint density at radius 3 is 1.83 bits per heavy atom. The molecule has 0 aliphatic carbocycles. The first-order chi connectivity index (χ1) is 8.22. The van der Waals surface area contributed by atoms with Gasteiger partial charge in [-0.3, -0.25) is 0 Å². The van der Waals surface area contributed by atoms with E-state index in [9.17, 15) is 5.11 Å². The van der Waals surface area contributed by atoms with Gasteiger partial charge in [-0.05, 0) is 34.6 Å². The number of aliphatic hydroxyl groups is 1. The highest BCUT2D eigenvalue weighted by molar-refractivity contribution is 6.47. The highest BCUT2D eigenvalue weighted by Crippen LogP contribution is 2.24. The number of aryl methyl sites for hydroxylation is 1. The Balaban J connectivity index is 0.00000137. The van der Waals surface area contributed by atoms with E-state index < -0.39 is 11.2 Å². The molecule has 2 nitrogen and oxygen atoms in total. The van der Waals surface area contributed by atoms with E-state index in [2.05, 4.69) is 0 Å². The van der Waals surface area contributed by atoms with Crippen LogP contribution in [-0.4, -0.2) is 23.8 Å². The minimum absolute atomic E-state index is 0.613. The third kappa shape index (κ3) is 5.24. The molecule has 0 unspecified atom stereocenters. The van der Waals surface area contributed by atoms with Crippen LogP contribution in [0.2, 0.25) is 0 Å². The Labute approximate surface area is 113 Å². The van der Waals surface area contributed by atoms with Crippen LogP contribution in [0.3, 0.4) is 0 Å². The fourth-order valence-electron chi connectivity index (χ4n) is 1.00. The van der Waals surface area contributed by atoms with Gasteiger partial charge in [-0.15, -0.1) is 0 Å². The molecule has 0 fully saturated rings. The van der Waals surface area contributed by atoms with E-state index in [1.807, 2.05) is 58.9 Å². The maximum atomic E-state index is 9.92. The first-order valence-electron chi connectivity index (χ1n) is 6.52. The van der Waals surface area contributed by atoms with Gasteiger partial charge < -0.3 is 9.76 Å². The van der Waals surface area contributed by atoms with Crippen LogP contribution < -0.4 is 5.46 Å². The van der Waals surface area contributed by atoms with E-state index in [-0.39, 0.29) is 0 Å². The van der Waals surface area contributed by atoms with Gasteiger partial charge >= 0.3 is 7.48 Å². The van der Waals surface area contributed by atoms with Crippen LogP contribution >= 0.6 is 0 Å². The molecule has 0 aromatic heterocycles. The van der Waals surface area contributed by atoms with Crippen LogP contribution in [-0.2, 0) is 4.65 Å². The molecule has 1 aromatic rings. The Hall–Kier alpha value is -0.795. The van der Waals surface area contributed by atoms with Gasteiger partial charge in [0.25, 0.3) is 0 Å². The second-order valence-electron chi connectivity index (χ2n) is 5.22. The van der Waals surface area contributed by atoms with Gasteiger partial charge in [0.15, 0.2) is 0 Å². The normalized spacial score (nSPS) is 11.6. The molecule has 0 atom stereocenters. The lowest BCUT2D eigenvalue weighted by molar-refractivity contribution is -0.0893. The summed E-state index contributed by atoms with van der Waals surface area (Å²) in [6.07, 6.45) is 0. The van der Waals surface area contributed by atoms with Gasteiger partial charge in [-0.1, -0.05) is 49.1 Å². The summed E-state index contributed by atoms with van der Waals surface area (Å²) in [5.41, 5.74) is 0.730. The first kappa shape index (κ1) is 17.2. The lowest BCUT2D eigenvalue weighted by Gasteiger charge is -2.37. The molecule has 0 saturated carbocycles. The summed E-state index contributed by atoms with van der Waals surface area (Å²) < 4.78 is 5.64. The van der Waals surface area contributed by atoms with Crippen LogP contribution in [0, 0.1) is 6.92 Å². The van der Waals surface area contributed by atoms with E-state index in [0.717, 1.165) is 5.46 Å². The molecule has 0 heterocycles. The molecule has 18 heavy (non-hydrogen) atoms. The van der Waals surface area contributed by atoms with Crippen molar-refractivity contribution in [2.24, 2.45) is 0 Å². The van der Waals surface area contributed by atoms with E-state index >= 15 is 0 Å². The Morgan fingerprint density at radius 1 is 1.00 bits per heavy atom. The summed E-state index contributed by atoms with van der Waals surface area (Å²) in [7, 11) is 1.69. The third-order valence-electron chi connectivity index (χ3n) is 3.04. The minimum atomic E-state index is -0.881. The highest BCUT2D eigenvalue weighted by Gasteiger charge is 2.35. The quantitative estimate of drug-likeness (QED) is 0.831. The topological polar surface area (TPSA) is 29.5 Å². The number of benzene rings is 1. The smallest absolute Gasteiger partial charge is 0.330 e. The summed E-state index contributed by atoms with van der Waals surface area (Å²) in [6, 6.07) is 8.06. The minimum Gasteiger partial charge on any atom is -0.427 e. The summed E-state index contributed by atoms with van der Waals surface area (Å²) in [6.45, 7) is 13.3. The SMILES string of the molecule is CC.Cc1ccc([B]OC(C)(C)C(C)(C)O)cc1. The second-order valence-corrected chi connectivity index (χ2v) is 5.22. The number of hydrogen-bond acceptors (Lipinski definition) is 2. The molecule has 0 spiro atoms. The molecule has 0 aliphatic rings. The molecule has 1 radical (unpaired) electrons. The maximum absolute atomic E-state index is 9.92. The van der Waals surface area contributed by atoms with Crippen molar-refractivity contribution in [2.75, 3.05) is 0 Å². The molecule has 1 rings (SSSR count). The zero-order valence-electron chi connectivity index (χ0n) is 12.7. The molecular weight excluding hydrogens is 223 g/mol. The van der Waals surface area contributed by atoms with Crippen LogP contribution in [0.4, 0.5) is 0 Å². The zero-order valence-corrected chi connectivity index (χ0v) is 12.7.